The molecule has 1 heterocycles. The van der Waals surface area contributed by atoms with Crippen molar-refractivity contribution in [1.82, 2.24) is 21.0 Å². The molecule has 0 saturated heterocycles. The number of ether oxygens (including phenoxy) is 3. The first-order chi connectivity index (χ1) is 32.3. The van der Waals surface area contributed by atoms with Crippen LogP contribution < -0.4 is 20.7 Å². The minimum absolute atomic E-state index is 0.0242. The number of nitrogens with one attached hydrogen (secondary N) is 3. The van der Waals surface area contributed by atoms with E-state index in [1.165, 1.54) is 37.3 Å². The lowest BCUT2D eigenvalue weighted by atomic mass is 9.90. The van der Waals surface area contributed by atoms with Crippen molar-refractivity contribution in [1.29, 1.82) is 0 Å². The molecule has 17 heteroatoms. The third-order valence-corrected chi connectivity index (χ3v) is 11.1. The summed E-state index contributed by atoms with van der Waals surface area (Å²) in [6.07, 6.45) is 3.92. The van der Waals surface area contributed by atoms with Gasteiger partial charge in [0.05, 0.1) is 30.1 Å². The summed E-state index contributed by atoms with van der Waals surface area (Å²) >= 11 is 0. The maximum Gasteiger partial charge on any atom is 0.344 e. The topological polar surface area (TPSA) is 226 Å². The standard InChI is InChI=1S/C50H58N4O13/c1-5-7-10-19-37(41(6-2)54(31-55)67-49(61)39-24-32(39)3)46(58)51-30-52-48(60)43-23-22-42(66-43)36-20-21-38(44(26-36)63-29-45(57)64-27-34-15-11-8-12-16-34)47(59)53-40(25-33(4)56)50(62)65-28-35-17-13-9-14-18-35/h8-9,11-18,20-23,26,31-32,37,39-41H,5-7,10,19,24-25,27-30H2,1-4H3,(H,51,58)(H,52,60)(H,53,59)/t32?,37-,39?,40+,41-/m1/s1. The highest BCUT2D eigenvalue weighted by atomic mass is 16.7. The fourth-order valence-electron chi connectivity index (χ4n) is 7.23. The molecule has 0 radical (unpaired) electrons. The van der Waals surface area contributed by atoms with Crippen LogP contribution in [0.4, 0.5) is 0 Å². The molecule has 1 aliphatic carbocycles. The van der Waals surface area contributed by atoms with E-state index >= 15 is 0 Å². The van der Waals surface area contributed by atoms with E-state index in [1.54, 1.807) is 55.5 Å². The number of carbonyl (C=O) groups is 8. The summed E-state index contributed by atoms with van der Waals surface area (Å²) in [6, 6.07) is 23.0. The van der Waals surface area contributed by atoms with Gasteiger partial charge in [-0.25, -0.2) is 14.4 Å². The third-order valence-electron chi connectivity index (χ3n) is 11.1. The molecule has 2 unspecified atom stereocenters. The number of esters is 2. The second-order valence-electron chi connectivity index (χ2n) is 16.3. The second kappa shape index (κ2) is 25.4. The zero-order chi connectivity index (χ0) is 48.3. The minimum atomic E-state index is -1.35. The predicted octanol–water partition coefficient (Wildman–Crippen LogP) is 6.24. The Morgan fingerprint density at radius 3 is 2.12 bits per heavy atom. The van der Waals surface area contributed by atoms with E-state index in [9.17, 15) is 38.4 Å². The number of hydrogen-bond acceptors (Lipinski definition) is 13. The van der Waals surface area contributed by atoms with Crippen LogP contribution in [0.3, 0.4) is 0 Å². The number of nitrogens with zero attached hydrogens (tertiary/aromatic N) is 1. The molecule has 1 fully saturated rings. The molecule has 356 valence electrons. The first-order valence-corrected chi connectivity index (χ1v) is 22.4. The molecule has 17 nitrogen and oxygen atoms in total. The van der Waals surface area contributed by atoms with E-state index < -0.39 is 60.2 Å². The Labute approximate surface area is 389 Å². The molecule has 3 aromatic carbocycles. The average molecular weight is 923 g/mol. The van der Waals surface area contributed by atoms with Crippen molar-refractivity contribution in [3.63, 3.8) is 0 Å². The molecule has 1 aromatic heterocycles. The van der Waals surface area contributed by atoms with Gasteiger partial charge >= 0.3 is 17.9 Å². The van der Waals surface area contributed by atoms with Crippen LogP contribution >= 0.6 is 0 Å². The van der Waals surface area contributed by atoms with Crippen LogP contribution in [0.25, 0.3) is 11.3 Å². The van der Waals surface area contributed by atoms with E-state index in [-0.39, 0.29) is 66.8 Å². The summed E-state index contributed by atoms with van der Waals surface area (Å²) in [5.74, 6) is -5.31. The number of carbonyl (C=O) groups excluding carboxylic acids is 8. The van der Waals surface area contributed by atoms with Crippen LogP contribution in [0.2, 0.25) is 0 Å². The van der Waals surface area contributed by atoms with Crippen LogP contribution in [-0.4, -0.2) is 78.2 Å². The van der Waals surface area contributed by atoms with Gasteiger partial charge in [-0.1, -0.05) is 107 Å². The first-order valence-electron chi connectivity index (χ1n) is 22.4. The molecular weight excluding hydrogens is 865 g/mol. The quantitative estimate of drug-likeness (QED) is 0.0198. The van der Waals surface area contributed by atoms with Crippen LogP contribution in [0.1, 0.15) is 105 Å². The van der Waals surface area contributed by atoms with Gasteiger partial charge in [-0.2, -0.15) is 5.06 Å². The number of benzene rings is 3. The van der Waals surface area contributed by atoms with Gasteiger partial charge in [-0.15, -0.1) is 0 Å². The van der Waals surface area contributed by atoms with E-state index in [1.807, 2.05) is 26.0 Å². The van der Waals surface area contributed by atoms with Crippen molar-refractivity contribution >= 4 is 47.8 Å². The van der Waals surface area contributed by atoms with Gasteiger partial charge in [0.25, 0.3) is 11.8 Å². The smallest absolute Gasteiger partial charge is 0.344 e. The van der Waals surface area contributed by atoms with Crippen molar-refractivity contribution in [2.45, 2.75) is 97.9 Å². The zero-order valence-electron chi connectivity index (χ0n) is 38.2. The highest BCUT2D eigenvalue weighted by Crippen LogP contribution is 2.39. The lowest BCUT2D eigenvalue weighted by molar-refractivity contribution is -0.205. The van der Waals surface area contributed by atoms with Gasteiger partial charge in [-0.3, -0.25) is 24.0 Å². The molecule has 67 heavy (non-hydrogen) atoms. The highest BCUT2D eigenvalue weighted by Gasteiger charge is 2.43. The Hall–Kier alpha value is -7.30. The second-order valence-corrected chi connectivity index (χ2v) is 16.3. The van der Waals surface area contributed by atoms with Gasteiger partial charge in [-0.05, 0) is 67.5 Å². The molecule has 5 rings (SSSR count). The molecule has 0 bridgehead atoms. The summed E-state index contributed by atoms with van der Waals surface area (Å²) in [7, 11) is 0. The lowest BCUT2D eigenvalue weighted by Gasteiger charge is -2.31. The zero-order valence-corrected chi connectivity index (χ0v) is 38.2. The molecule has 0 aliphatic heterocycles. The van der Waals surface area contributed by atoms with Crippen LogP contribution in [0.5, 0.6) is 5.75 Å². The third kappa shape index (κ3) is 15.4. The molecule has 0 spiro atoms. The van der Waals surface area contributed by atoms with E-state index in [2.05, 4.69) is 16.0 Å². The summed E-state index contributed by atoms with van der Waals surface area (Å²) < 4.78 is 22.5. The van der Waals surface area contributed by atoms with Crippen molar-refractivity contribution in [2.75, 3.05) is 13.3 Å². The number of ketones is 1. The number of rotatable bonds is 27. The minimum Gasteiger partial charge on any atom is -0.481 e. The molecule has 4 amide bonds. The Morgan fingerprint density at radius 1 is 0.836 bits per heavy atom. The number of hydrogen-bond donors (Lipinski definition) is 3. The maximum atomic E-state index is 13.8. The first kappa shape index (κ1) is 50.7. The number of hydroxylamine groups is 2. The molecule has 4 aromatic rings. The Balaban J connectivity index is 1.27. The van der Waals surface area contributed by atoms with Gasteiger partial charge in [0.2, 0.25) is 12.3 Å². The molecule has 1 aliphatic rings. The number of unbranched alkanes of at least 4 members (excludes halogenated alkanes) is 2. The predicted molar refractivity (Wildman–Crippen MR) is 242 cm³/mol. The Kier molecular flexibility index (Phi) is 19.2. The Bertz CT molecular complexity index is 2330. The van der Waals surface area contributed by atoms with Gasteiger partial charge in [0.15, 0.2) is 12.4 Å². The largest absolute Gasteiger partial charge is 0.481 e. The van der Waals surface area contributed by atoms with Gasteiger partial charge < -0.3 is 39.4 Å². The van der Waals surface area contributed by atoms with Gasteiger partial charge in [0, 0.05) is 12.0 Å². The fraction of sp³-hybridized carbons (Fsp3) is 0.400. The lowest BCUT2D eigenvalue weighted by Crippen LogP contribution is -2.49. The molecular formula is C50H58N4O13. The van der Waals surface area contributed by atoms with Crippen LogP contribution in [0.15, 0.2) is 95.4 Å². The monoisotopic (exact) mass is 922 g/mol. The molecule has 3 N–H and O–H groups in total. The summed E-state index contributed by atoms with van der Waals surface area (Å²) in [5.41, 5.74) is 1.68. The van der Waals surface area contributed by atoms with Crippen LogP contribution in [-0.2, 0) is 56.3 Å². The maximum absolute atomic E-state index is 13.8. The Morgan fingerprint density at radius 2 is 1.51 bits per heavy atom. The van der Waals surface area contributed by atoms with Crippen molar-refractivity contribution in [2.24, 2.45) is 17.8 Å². The fourth-order valence-corrected chi connectivity index (χ4v) is 7.23. The number of Topliss-reactive ketones (excluding diaryl/α,β-unsaturated/α-hetero) is 1. The van der Waals surface area contributed by atoms with Crippen molar-refractivity contribution < 1.29 is 61.8 Å². The average Bonchev–Trinajstić information content (AvgIpc) is 3.86. The van der Waals surface area contributed by atoms with Crippen LogP contribution in [0, 0.1) is 17.8 Å². The summed E-state index contributed by atoms with van der Waals surface area (Å²) in [4.78, 5) is 109. The molecule has 5 atom stereocenters. The van der Waals surface area contributed by atoms with E-state index in [4.69, 9.17) is 23.5 Å². The number of amides is 4. The normalized spacial score (nSPS) is 15.1. The summed E-state index contributed by atoms with van der Waals surface area (Å²) in [6.45, 7) is 6.00. The SMILES string of the molecule is CCCCC[C@@H](C(=O)NCNC(=O)c1ccc(-c2ccc(C(=O)N[C@@H](CC(C)=O)C(=O)OCc3ccccc3)c(OCC(=O)OCc3ccccc3)c2)o1)[C@@H](CC)N(C=O)OC(=O)C1CC1C. The van der Waals surface area contributed by atoms with Crippen molar-refractivity contribution in [3.8, 4) is 17.1 Å². The van der Waals surface area contributed by atoms with E-state index in [0.29, 0.717) is 43.2 Å². The van der Waals surface area contributed by atoms with E-state index in [0.717, 1.165) is 23.5 Å². The highest BCUT2D eigenvalue weighted by molar-refractivity contribution is 6.00. The summed E-state index contributed by atoms with van der Waals surface area (Å²) in [5, 5.41) is 8.82. The molecule has 1 saturated carbocycles. The van der Waals surface area contributed by atoms with Crippen molar-refractivity contribution in [3.05, 3.63) is 113 Å². The number of furan rings is 1. The van der Waals surface area contributed by atoms with Gasteiger partial charge in [0.1, 0.15) is 36.5 Å².